The van der Waals surface area contributed by atoms with Crippen LogP contribution in [0, 0.1) is 24.0 Å². The van der Waals surface area contributed by atoms with Crippen LogP contribution in [0.1, 0.15) is 49.3 Å². The lowest BCUT2D eigenvalue weighted by molar-refractivity contribution is -0.384. The second-order valence-corrected chi connectivity index (χ2v) is 11.6. The van der Waals surface area contributed by atoms with E-state index in [4.69, 9.17) is 0 Å². The lowest BCUT2D eigenvalue weighted by atomic mass is 10.1. The van der Waals surface area contributed by atoms with E-state index in [0.717, 1.165) is 53.4 Å². The highest BCUT2D eigenvalue weighted by Crippen LogP contribution is 2.28. The van der Waals surface area contributed by atoms with E-state index in [-0.39, 0.29) is 29.9 Å². The zero-order valence-corrected chi connectivity index (χ0v) is 22.5. The van der Waals surface area contributed by atoms with Crippen LogP contribution in [0.5, 0.6) is 0 Å². The smallest absolute Gasteiger partial charge is 0.271 e. The molecule has 0 radical (unpaired) electrons. The van der Waals surface area contributed by atoms with Crippen LogP contribution in [0.3, 0.4) is 0 Å². The minimum Gasteiger partial charge on any atom is -0.352 e. The van der Waals surface area contributed by atoms with Gasteiger partial charge >= 0.3 is 0 Å². The summed E-state index contributed by atoms with van der Waals surface area (Å²) < 4.78 is 26.4. The molecule has 37 heavy (non-hydrogen) atoms. The average Bonchev–Trinajstić information content (AvgIpc) is 3.34. The van der Waals surface area contributed by atoms with Crippen LogP contribution >= 0.6 is 0 Å². The van der Waals surface area contributed by atoms with Gasteiger partial charge < -0.3 is 10.2 Å². The zero-order chi connectivity index (χ0) is 27.3. The Morgan fingerprint density at radius 3 is 2.30 bits per heavy atom. The van der Waals surface area contributed by atoms with E-state index in [9.17, 15) is 28.1 Å². The Labute approximate surface area is 217 Å². The van der Waals surface area contributed by atoms with Crippen LogP contribution in [0.25, 0.3) is 0 Å². The maximum Gasteiger partial charge on any atom is 0.271 e. The molecule has 2 amide bonds. The van der Waals surface area contributed by atoms with Gasteiger partial charge in [-0.2, -0.15) is 0 Å². The van der Waals surface area contributed by atoms with Crippen molar-refractivity contribution < 1.29 is 22.9 Å². The molecule has 1 N–H and O–H groups in total. The predicted molar refractivity (Wildman–Crippen MR) is 142 cm³/mol. The number of aryl methyl sites for hydroxylation is 2. The molecule has 0 aromatic heterocycles. The third-order valence-corrected chi connectivity index (χ3v) is 7.82. The number of nitrogens with zero attached hydrogens (tertiary/aromatic N) is 3. The van der Waals surface area contributed by atoms with Crippen molar-refractivity contribution in [2.24, 2.45) is 0 Å². The Hall–Kier alpha value is -3.47. The number of nitro groups is 1. The van der Waals surface area contributed by atoms with Crippen LogP contribution in [0.2, 0.25) is 0 Å². The maximum absolute atomic E-state index is 13.7. The maximum atomic E-state index is 13.7. The average molecular weight is 531 g/mol. The summed E-state index contributed by atoms with van der Waals surface area (Å²) in [4.78, 5) is 38.8. The number of amides is 2. The van der Waals surface area contributed by atoms with Gasteiger partial charge in [0.05, 0.1) is 16.9 Å². The van der Waals surface area contributed by atoms with Gasteiger partial charge in [-0.25, -0.2) is 8.42 Å². The van der Waals surface area contributed by atoms with Gasteiger partial charge in [0.2, 0.25) is 21.8 Å². The van der Waals surface area contributed by atoms with Gasteiger partial charge in [0.15, 0.2) is 0 Å². The number of rotatable bonds is 10. The Bertz CT molecular complexity index is 1260. The van der Waals surface area contributed by atoms with E-state index in [1.54, 1.807) is 13.8 Å². The van der Waals surface area contributed by atoms with Crippen molar-refractivity contribution in [3.63, 3.8) is 0 Å². The number of sulfonamides is 1. The lowest BCUT2D eigenvalue weighted by Crippen LogP contribution is -2.52. The van der Waals surface area contributed by atoms with Crippen molar-refractivity contribution >= 4 is 33.2 Å². The highest BCUT2D eigenvalue weighted by atomic mass is 32.2. The minimum atomic E-state index is -3.99. The van der Waals surface area contributed by atoms with Crippen LogP contribution in [-0.2, 0) is 26.2 Å². The van der Waals surface area contributed by atoms with E-state index < -0.39 is 33.4 Å². The summed E-state index contributed by atoms with van der Waals surface area (Å²) in [5, 5.41) is 14.3. The number of benzene rings is 2. The fourth-order valence-corrected chi connectivity index (χ4v) is 5.34. The fourth-order valence-electron chi connectivity index (χ4n) is 4.44. The highest BCUT2D eigenvalue weighted by molar-refractivity contribution is 7.92. The standard InChI is InChI=1S/C26H34N4O6S/c1-18-9-12-21(13-10-18)16-28(20(3)26(32)27-22-7-5-6-8-22)25(31)17-29(37(4,35)36)24-15-23(30(33)34)14-11-19(24)2/h9-15,20,22H,5-8,16-17H2,1-4H3,(H,27,32)/t20-/m1/s1. The third kappa shape index (κ3) is 7.28. The van der Waals surface area contributed by atoms with E-state index in [0.29, 0.717) is 5.56 Å². The van der Waals surface area contributed by atoms with Crippen LogP contribution in [-0.4, -0.2) is 54.9 Å². The van der Waals surface area contributed by atoms with Crippen molar-refractivity contribution in [1.82, 2.24) is 10.2 Å². The molecular weight excluding hydrogens is 496 g/mol. The van der Waals surface area contributed by atoms with Crippen molar-refractivity contribution in [2.45, 2.75) is 65.1 Å². The molecule has 0 spiro atoms. The summed E-state index contributed by atoms with van der Waals surface area (Å²) in [7, 11) is -3.99. The molecule has 10 nitrogen and oxygen atoms in total. The van der Waals surface area contributed by atoms with Crippen molar-refractivity contribution in [3.05, 3.63) is 69.3 Å². The van der Waals surface area contributed by atoms with Gasteiger partial charge in [-0.05, 0) is 44.7 Å². The first-order valence-corrected chi connectivity index (χ1v) is 14.1. The first kappa shape index (κ1) is 28.1. The second kappa shape index (κ2) is 11.7. The molecule has 2 aromatic rings. The molecule has 1 saturated carbocycles. The van der Waals surface area contributed by atoms with Crippen molar-refractivity contribution in [3.8, 4) is 0 Å². The minimum absolute atomic E-state index is 0.0448. The van der Waals surface area contributed by atoms with Gasteiger partial charge in [-0.1, -0.05) is 48.7 Å². The molecule has 3 rings (SSSR count). The fraction of sp³-hybridized carbons (Fsp3) is 0.462. The summed E-state index contributed by atoms with van der Waals surface area (Å²) in [6.45, 7) is 4.68. The molecule has 1 aliphatic carbocycles. The van der Waals surface area contributed by atoms with E-state index in [1.807, 2.05) is 31.2 Å². The molecule has 2 aromatic carbocycles. The Morgan fingerprint density at radius 1 is 1.11 bits per heavy atom. The second-order valence-electron chi connectivity index (χ2n) is 9.67. The number of nitro benzene ring substituents is 1. The van der Waals surface area contributed by atoms with Gasteiger partial charge in [0.1, 0.15) is 12.6 Å². The lowest BCUT2D eigenvalue weighted by Gasteiger charge is -2.32. The largest absolute Gasteiger partial charge is 0.352 e. The van der Waals surface area contributed by atoms with Gasteiger partial charge in [-0.3, -0.25) is 24.0 Å². The molecule has 0 aliphatic heterocycles. The Kier molecular flexibility index (Phi) is 8.90. The molecule has 1 aliphatic rings. The molecule has 0 bridgehead atoms. The Morgan fingerprint density at radius 2 is 1.73 bits per heavy atom. The molecule has 200 valence electrons. The summed E-state index contributed by atoms with van der Waals surface area (Å²) in [6.07, 6.45) is 4.80. The number of anilines is 1. The zero-order valence-electron chi connectivity index (χ0n) is 21.6. The van der Waals surface area contributed by atoms with E-state index in [1.165, 1.54) is 17.0 Å². The number of nitrogens with one attached hydrogen (secondary N) is 1. The van der Waals surface area contributed by atoms with Gasteiger partial charge in [-0.15, -0.1) is 0 Å². The summed E-state index contributed by atoms with van der Waals surface area (Å²) >= 11 is 0. The number of hydrogen-bond acceptors (Lipinski definition) is 6. The van der Waals surface area contributed by atoms with Crippen molar-refractivity contribution in [1.29, 1.82) is 0 Å². The molecule has 1 atom stereocenters. The summed E-state index contributed by atoms with van der Waals surface area (Å²) in [5.41, 5.74) is 2.04. The van der Waals surface area contributed by atoms with E-state index in [2.05, 4.69) is 5.32 Å². The predicted octanol–water partition coefficient (Wildman–Crippen LogP) is 3.45. The highest BCUT2D eigenvalue weighted by Gasteiger charge is 2.32. The summed E-state index contributed by atoms with van der Waals surface area (Å²) in [6, 6.07) is 10.6. The molecule has 0 unspecified atom stereocenters. The normalized spacial score (nSPS) is 14.7. The molecule has 0 heterocycles. The van der Waals surface area contributed by atoms with Gasteiger partial charge in [0.25, 0.3) is 5.69 Å². The first-order chi connectivity index (χ1) is 17.4. The molecular formula is C26H34N4O6S. The number of carbonyl (C=O) groups is 2. The SMILES string of the molecule is Cc1ccc(CN(C(=O)CN(c2cc([N+](=O)[O-])ccc2C)S(C)(=O)=O)[C@H](C)C(=O)NC2CCCC2)cc1. The monoisotopic (exact) mass is 530 g/mol. The number of carbonyl (C=O) groups excluding carboxylic acids is 2. The molecule has 0 saturated heterocycles. The van der Waals surface area contributed by atoms with Crippen LogP contribution in [0.4, 0.5) is 11.4 Å². The van der Waals surface area contributed by atoms with Crippen LogP contribution < -0.4 is 9.62 Å². The quantitative estimate of drug-likeness (QED) is 0.370. The third-order valence-electron chi connectivity index (χ3n) is 6.69. The van der Waals surface area contributed by atoms with Crippen molar-refractivity contribution in [2.75, 3.05) is 17.1 Å². The molecule has 11 heteroatoms. The van der Waals surface area contributed by atoms with Crippen LogP contribution in [0.15, 0.2) is 42.5 Å². The summed E-state index contributed by atoms with van der Waals surface area (Å²) in [5.74, 6) is -0.893. The first-order valence-electron chi connectivity index (χ1n) is 12.2. The number of non-ortho nitro benzene ring substituents is 1. The van der Waals surface area contributed by atoms with Gasteiger partial charge in [0, 0.05) is 24.7 Å². The molecule has 1 fully saturated rings. The topological polar surface area (TPSA) is 130 Å². The number of hydrogen-bond donors (Lipinski definition) is 1. The Balaban J connectivity index is 1.93. The van der Waals surface area contributed by atoms with E-state index >= 15 is 0 Å².